The smallest absolute Gasteiger partial charge is 0.113 e. The second kappa shape index (κ2) is 4.37. The van der Waals surface area contributed by atoms with Gasteiger partial charge in [0.05, 0.1) is 12.6 Å². The van der Waals surface area contributed by atoms with Gasteiger partial charge in [-0.15, -0.1) is 0 Å². The maximum Gasteiger partial charge on any atom is 0.113 e. The first kappa shape index (κ1) is 10.7. The van der Waals surface area contributed by atoms with Crippen molar-refractivity contribution in [2.75, 3.05) is 6.61 Å². The lowest BCUT2D eigenvalue weighted by molar-refractivity contribution is 0.225. The van der Waals surface area contributed by atoms with Crippen LogP contribution < -0.4 is 5.73 Å². The molecule has 0 saturated heterocycles. The molecule has 1 aromatic rings. The zero-order valence-electron chi connectivity index (χ0n) is 8.66. The monoisotopic (exact) mass is 267 g/mol. The van der Waals surface area contributed by atoms with E-state index in [9.17, 15) is 0 Å². The van der Waals surface area contributed by atoms with Crippen molar-refractivity contribution < 1.29 is 4.74 Å². The standard InChI is InChI=1S/C12H14BrNO/c1-8-5-9(7-10(13)6-8)12(14)11-3-2-4-15-11/h3,5-7,12H,2,4,14H2,1H3. The first-order valence-corrected chi connectivity index (χ1v) is 5.81. The van der Waals surface area contributed by atoms with E-state index in [1.165, 1.54) is 5.56 Å². The highest BCUT2D eigenvalue weighted by Crippen LogP contribution is 2.27. The summed E-state index contributed by atoms with van der Waals surface area (Å²) in [4.78, 5) is 0. The molecule has 1 unspecified atom stereocenters. The third kappa shape index (κ3) is 2.41. The van der Waals surface area contributed by atoms with Crippen LogP contribution in [0, 0.1) is 6.92 Å². The molecule has 0 radical (unpaired) electrons. The molecular formula is C12H14BrNO. The summed E-state index contributed by atoms with van der Waals surface area (Å²) < 4.78 is 6.53. The van der Waals surface area contributed by atoms with Crippen LogP contribution in [0.2, 0.25) is 0 Å². The van der Waals surface area contributed by atoms with Gasteiger partial charge in [-0.25, -0.2) is 0 Å². The van der Waals surface area contributed by atoms with Crippen LogP contribution in [0.4, 0.5) is 0 Å². The van der Waals surface area contributed by atoms with Gasteiger partial charge in [-0.05, 0) is 36.3 Å². The van der Waals surface area contributed by atoms with Crippen LogP contribution in [0.15, 0.2) is 34.5 Å². The topological polar surface area (TPSA) is 35.2 Å². The highest BCUT2D eigenvalue weighted by atomic mass is 79.9. The Bertz CT molecular complexity index is 380. The maximum absolute atomic E-state index is 6.12. The fourth-order valence-electron chi connectivity index (χ4n) is 1.76. The number of benzene rings is 1. The van der Waals surface area contributed by atoms with Gasteiger partial charge in [0.15, 0.2) is 0 Å². The first-order valence-electron chi connectivity index (χ1n) is 5.02. The Kier molecular flexibility index (Phi) is 3.12. The number of nitrogens with two attached hydrogens (primary N) is 1. The quantitative estimate of drug-likeness (QED) is 0.894. The minimum atomic E-state index is -0.135. The molecule has 0 aromatic heterocycles. The van der Waals surface area contributed by atoms with E-state index in [1.807, 2.05) is 6.07 Å². The van der Waals surface area contributed by atoms with Crippen LogP contribution in [0.1, 0.15) is 23.6 Å². The summed E-state index contributed by atoms with van der Waals surface area (Å²) in [6.07, 6.45) is 3.04. The summed E-state index contributed by atoms with van der Waals surface area (Å²) in [7, 11) is 0. The van der Waals surface area contributed by atoms with Crippen molar-refractivity contribution in [2.24, 2.45) is 5.73 Å². The number of rotatable bonds is 2. The van der Waals surface area contributed by atoms with Crippen molar-refractivity contribution in [1.82, 2.24) is 0 Å². The lowest BCUT2D eigenvalue weighted by Crippen LogP contribution is -2.13. The maximum atomic E-state index is 6.12. The van der Waals surface area contributed by atoms with Crippen LogP contribution in [0.25, 0.3) is 0 Å². The predicted molar refractivity (Wildman–Crippen MR) is 64.5 cm³/mol. The van der Waals surface area contributed by atoms with Crippen molar-refractivity contribution in [3.63, 3.8) is 0 Å². The van der Waals surface area contributed by atoms with Crippen LogP contribution in [-0.2, 0) is 4.74 Å². The van der Waals surface area contributed by atoms with E-state index in [0.29, 0.717) is 0 Å². The van der Waals surface area contributed by atoms with Gasteiger partial charge in [0, 0.05) is 10.9 Å². The molecule has 0 spiro atoms. The molecule has 1 atom stereocenters. The van der Waals surface area contributed by atoms with Crippen LogP contribution in [-0.4, -0.2) is 6.61 Å². The molecule has 1 heterocycles. The van der Waals surface area contributed by atoms with Crippen molar-refractivity contribution in [1.29, 1.82) is 0 Å². The minimum Gasteiger partial charge on any atom is -0.496 e. The van der Waals surface area contributed by atoms with E-state index in [2.05, 4.69) is 41.1 Å². The molecule has 3 heteroatoms. The second-order valence-corrected chi connectivity index (χ2v) is 4.70. The Balaban J connectivity index is 2.28. The Labute approximate surface area is 98.2 Å². The summed E-state index contributed by atoms with van der Waals surface area (Å²) in [5.41, 5.74) is 8.42. The SMILES string of the molecule is Cc1cc(Br)cc(C(N)C2=CCCO2)c1. The molecule has 0 fully saturated rings. The van der Waals surface area contributed by atoms with Crippen molar-refractivity contribution in [3.8, 4) is 0 Å². The van der Waals surface area contributed by atoms with Crippen LogP contribution in [0.3, 0.4) is 0 Å². The average Bonchev–Trinajstić information content (AvgIpc) is 2.67. The van der Waals surface area contributed by atoms with Crippen LogP contribution >= 0.6 is 15.9 Å². The fourth-order valence-corrected chi connectivity index (χ4v) is 2.39. The second-order valence-electron chi connectivity index (χ2n) is 3.78. The Morgan fingerprint density at radius 1 is 1.40 bits per heavy atom. The number of ether oxygens (including phenoxy) is 1. The van der Waals surface area contributed by atoms with E-state index in [1.54, 1.807) is 0 Å². The highest BCUT2D eigenvalue weighted by Gasteiger charge is 2.16. The molecule has 1 aromatic carbocycles. The largest absolute Gasteiger partial charge is 0.496 e. The summed E-state index contributed by atoms with van der Waals surface area (Å²) in [5, 5.41) is 0. The van der Waals surface area contributed by atoms with Gasteiger partial charge in [-0.2, -0.15) is 0 Å². The highest BCUT2D eigenvalue weighted by molar-refractivity contribution is 9.10. The molecule has 2 rings (SSSR count). The number of aryl methyl sites for hydroxylation is 1. The average molecular weight is 268 g/mol. The Hall–Kier alpha value is -0.800. The van der Waals surface area contributed by atoms with E-state index in [4.69, 9.17) is 10.5 Å². The molecule has 2 N–H and O–H groups in total. The minimum absolute atomic E-state index is 0.135. The molecule has 0 amide bonds. The van der Waals surface area contributed by atoms with Crippen molar-refractivity contribution >= 4 is 15.9 Å². The van der Waals surface area contributed by atoms with Crippen molar-refractivity contribution in [3.05, 3.63) is 45.6 Å². The molecule has 0 saturated carbocycles. The zero-order valence-corrected chi connectivity index (χ0v) is 10.3. The van der Waals surface area contributed by atoms with Gasteiger partial charge < -0.3 is 10.5 Å². The van der Waals surface area contributed by atoms with Gasteiger partial charge in [-0.1, -0.05) is 22.0 Å². The number of hydrogen-bond acceptors (Lipinski definition) is 2. The van der Waals surface area contributed by atoms with Crippen LogP contribution in [0.5, 0.6) is 0 Å². The Morgan fingerprint density at radius 2 is 2.20 bits per heavy atom. The van der Waals surface area contributed by atoms with E-state index >= 15 is 0 Å². The molecule has 0 bridgehead atoms. The third-order valence-electron chi connectivity index (χ3n) is 2.46. The summed E-state index contributed by atoms with van der Waals surface area (Å²) >= 11 is 3.47. The predicted octanol–water partition coefficient (Wildman–Crippen LogP) is 3.06. The summed E-state index contributed by atoms with van der Waals surface area (Å²) in [6.45, 7) is 2.82. The van der Waals surface area contributed by atoms with Gasteiger partial charge in [-0.3, -0.25) is 0 Å². The molecule has 1 aliphatic heterocycles. The zero-order chi connectivity index (χ0) is 10.8. The van der Waals surface area contributed by atoms with E-state index in [-0.39, 0.29) is 6.04 Å². The normalized spacial score (nSPS) is 17.1. The number of hydrogen-bond donors (Lipinski definition) is 1. The summed E-state index contributed by atoms with van der Waals surface area (Å²) in [5.74, 6) is 0.896. The molecule has 1 aliphatic rings. The van der Waals surface area contributed by atoms with Gasteiger partial charge >= 0.3 is 0 Å². The van der Waals surface area contributed by atoms with Gasteiger partial charge in [0.2, 0.25) is 0 Å². The lowest BCUT2D eigenvalue weighted by atomic mass is 10.0. The third-order valence-corrected chi connectivity index (χ3v) is 2.92. The van der Waals surface area contributed by atoms with Gasteiger partial charge in [0.1, 0.15) is 5.76 Å². The van der Waals surface area contributed by atoms with Gasteiger partial charge in [0.25, 0.3) is 0 Å². The fraction of sp³-hybridized carbons (Fsp3) is 0.333. The lowest BCUT2D eigenvalue weighted by Gasteiger charge is -2.14. The Morgan fingerprint density at radius 3 is 2.80 bits per heavy atom. The van der Waals surface area contributed by atoms with Crippen molar-refractivity contribution in [2.45, 2.75) is 19.4 Å². The number of halogens is 1. The van der Waals surface area contributed by atoms with E-state index in [0.717, 1.165) is 28.8 Å². The molecule has 0 aliphatic carbocycles. The molecule has 2 nitrogen and oxygen atoms in total. The molecule has 15 heavy (non-hydrogen) atoms. The first-order chi connectivity index (χ1) is 7.16. The summed E-state index contributed by atoms with van der Waals surface area (Å²) in [6, 6.07) is 6.07. The molecule has 80 valence electrons. The molecular weight excluding hydrogens is 254 g/mol. The van der Waals surface area contributed by atoms with E-state index < -0.39 is 0 Å².